The molecule has 0 radical (unpaired) electrons. The molecule has 6 nitrogen and oxygen atoms in total. The molecule has 0 N–H and O–H groups in total. The van der Waals surface area contributed by atoms with Crippen LogP contribution in [0.25, 0.3) is 0 Å². The first kappa shape index (κ1) is 19.3. The van der Waals surface area contributed by atoms with Gasteiger partial charge < -0.3 is 19.3 Å². The zero-order valence-electron chi connectivity index (χ0n) is 16.9. The van der Waals surface area contributed by atoms with Gasteiger partial charge in [0.1, 0.15) is 11.5 Å². The Kier molecular flexibility index (Phi) is 5.43. The molecule has 0 unspecified atom stereocenters. The first-order valence-electron chi connectivity index (χ1n) is 10.1. The minimum atomic E-state index is -0.0413. The van der Waals surface area contributed by atoms with Gasteiger partial charge >= 0.3 is 0 Å². The third kappa shape index (κ3) is 3.67. The predicted octanol–water partition coefficient (Wildman–Crippen LogP) is 3.81. The maximum atomic E-state index is 13.4. The van der Waals surface area contributed by atoms with E-state index in [1.54, 1.807) is 19.1 Å². The second kappa shape index (κ2) is 8.15. The van der Waals surface area contributed by atoms with Gasteiger partial charge in [-0.2, -0.15) is 0 Å². The van der Waals surface area contributed by atoms with E-state index in [0.717, 1.165) is 42.0 Å². The van der Waals surface area contributed by atoms with Crippen LogP contribution in [0.5, 0.6) is 11.5 Å². The van der Waals surface area contributed by atoms with Crippen molar-refractivity contribution in [3.8, 4) is 11.5 Å². The van der Waals surface area contributed by atoms with Crippen molar-refractivity contribution in [2.24, 2.45) is 0 Å². The van der Waals surface area contributed by atoms with Gasteiger partial charge in [0.05, 0.1) is 20.3 Å². The van der Waals surface area contributed by atoms with Gasteiger partial charge in [-0.1, -0.05) is 6.07 Å². The summed E-state index contributed by atoms with van der Waals surface area (Å²) in [4.78, 5) is 29.1. The highest BCUT2D eigenvalue weighted by molar-refractivity contribution is 5.99. The minimum absolute atomic E-state index is 0.0149. The van der Waals surface area contributed by atoms with Crippen molar-refractivity contribution in [1.82, 2.24) is 4.90 Å². The first-order valence-corrected chi connectivity index (χ1v) is 10.1. The van der Waals surface area contributed by atoms with E-state index in [1.807, 2.05) is 47.4 Å². The molecule has 2 amide bonds. The van der Waals surface area contributed by atoms with E-state index in [9.17, 15) is 9.59 Å². The van der Waals surface area contributed by atoms with Crippen molar-refractivity contribution in [2.45, 2.75) is 31.7 Å². The summed E-state index contributed by atoms with van der Waals surface area (Å²) in [5.41, 5.74) is 2.41. The molecule has 29 heavy (non-hydrogen) atoms. The number of amides is 2. The maximum Gasteiger partial charge on any atom is 0.254 e. The van der Waals surface area contributed by atoms with Gasteiger partial charge in [-0.15, -0.1) is 0 Å². The van der Waals surface area contributed by atoms with E-state index in [-0.39, 0.29) is 17.9 Å². The van der Waals surface area contributed by atoms with Crippen LogP contribution >= 0.6 is 0 Å². The lowest BCUT2D eigenvalue weighted by Crippen LogP contribution is -2.31. The van der Waals surface area contributed by atoms with Crippen molar-refractivity contribution < 1.29 is 19.1 Å². The zero-order valence-corrected chi connectivity index (χ0v) is 16.9. The highest BCUT2D eigenvalue weighted by Crippen LogP contribution is 2.39. The van der Waals surface area contributed by atoms with Gasteiger partial charge in [-0.3, -0.25) is 9.59 Å². The molecule has 2 aliphatic rings. The molecule has 0 aliphatic carbocycles. The summed E-state index contributed by atoms with van der Waals surface area (Å²) in [5, 5.41) is 0. The summed E-state index contributed by atoms with van der Waals surface area (Å²) >= 11 is 0. The van der Waals surface area contributed by atoms with Gasteiger partial charge in [0.25, 0.3) is 5.91 Å². The number of nitrogens with zero attached hydrogens (tertiary/aromatic N) is 2. The van der Waals surface area contributed by atoms with Gasteiger partial charge in [0, 0.05) is 42.4 Å². The number of methoxy groups -OCH3 is 2. The fraction of sp³-hybridized carbons (Fsp3) is 0.391. The normalized spacial score (nSPS) is 19.0. The van der Waals surface area contributed by atoms with E-state index >= 15 is 0 Å². The fourth-order valence-electron chi connectivity index (χ4n) is 4.32. The number of carbonyl (C=O) groups excluding carboxylic acids is 2. The monoisotopic (exact) mass is 394 g/mol. The van der Waals surface area contributed by atoms with Crippen LogP contribution in [-0.4, -0.2) is 44.0 Å². The van der Waals surface area contributed by atoms with Crippen LogP contribution in [0.15, 0.2) is 42.5 Å². The average Bonchev–Trinajstić information content (AvgIpc) is 3.41. The van der Waals surface area contributed by atoms with Crippen LogP contribution in [0, 0.1) is 0 Å². The standard InChI is InChI=1S/C23H26N2O4/c1-28-18-10-11-19(21(15-18)29-2)20-8-4-13-25(20)23(27)16-6-3-7-17(14-16)24-12-5-9-22(24)26/h3,6-7,10-11,14-15,20H,4-5,8-9,12-13H2,1-2H3/t20-/m0/s1. The Morgan fingerprint density at radius 1 is 1.03 bits per heavy atom. The maximum absolute atomic E-state index is 13.4. The highest BCUT2D eigenvalue weighted by Gasteiger charge is 2.33. The molecular formula is C23H26N2O4. The second-order valence-electron chi connectivity index (χ2n) is 7.46. The number of rotatable bonds is 5. The third-order valence-corrected chi connectivity index (χ3v) is 5.79. The molecule has 6 heteroatoms. The Morgan fingerprint density at radius 3 is 2.62 bits per heavy atom. The van der Waals surface area contributed by atoms with Crippen LogP contribution in [0.4, 0.5) is 5.69 Å². The Balaban J connectivity index is 1.61. The molecule has 0 saturated carbocycles. The molecule has 2 fully saturated rings. The molecule has 2 saturated heterocycles. The summed E-state index contributed by atoms with van der Waals surface area (Å²) in [6.07, 6.45) is 3.26. The first-order chi connectivity index (χ1) is 14.1. The molecule has 1 atom stereocenters. The van der Waals surface area contributed by atoms with Crippen molar-refractivity contribution in [1.29, 1.82) is 0 Å². The Labute approximate surface area is 171 Å². The quantitative estimate of drug-likeness (QED) is 0.774. The number of anilines is 1. The van der Waals surface area contributed by atoms with E-state index in [0.29, 0.717) is 25.1 Å². The summed E-state index contributed by atoms with van der Waals surface area (Å²) < 4.78 is 10.9. The Bertz CT molecular complexity index is 927. The molecule has 0 spiro atoms. The topological polar surface area (TPSA) is 59.1 Å². The predicted molar refractivity (Wildman–Crippen MR) is 111 cm³/mol. The fourth-order valence-corrected chi connectivity index (χ4v) is 4.32. The van der Waals surface area contributed by atoms with Crippen molar-refractivity contribution >= 4 is 17.5 Å². The molecule has 2 aromatic carbocycles. The molecule has 2 heterocycles. The molecular weight excluding hydrogens is 368 g/mol. The van der Waals surface area contributed by atoms with E-state index in [4.69, 9.17) is 9.47 Å². The molecule has 152 valence electrons. The number of carbonyl (C=O) groups is 2. The van der Waals surface area contributed by atoms with Crippen LogP contribution in [0.1, 0.15) is 47.6 Å². The lowest BCUT2D eigenvalue weighted by Gasteiger charge is -2.27. The van der Waals surface area contributed by atoms with E-state index in [1.165, 1.54) is 0 Å². The van der Waals surface area contributed by atoms with E-state index < -0.39 is 0 Å². The second-order valence-corrected chi connectivity index (χ2v) is 7.46. The van der Waals surface area contributed by atoms with Crippen LogP contribution in [0.2, 0.25) is 0 Å². The lowest BCUT2D eigenvalue weighted by atomic mass is 10.0. The Hall–Kier alpha value is -3.02. The number of hydrogen-bond acceptors (Lipinski definition) is 4. The lowest BCUT2D eigenvalue weighted by molar-refractivity contribution is -0.117. The summed E-state index contributed by atoms with van der Waals surface area (Å²) in [6.45, 7) is 1.41. The Morgan fingerprint density at radius 2 is 1.90 bits per heavy atom. The van der Waals surface area contributed by atoms with Crippen LogP contribution in [-0.2, 0) is 4.79 Å². The van der Waals surface area contributed by atoms with Crippen molar-refractivity contribution in [3.05, 3.63) is 53.6 Å². The number of hydrogen-bond donors (Lipinski definition) is 0. The highest BCUT2D eigenvalue weighted by atomic mass is 16.5. The number of ether oxygens (including phenoxy) is 2. The SMILES string of the molecule is COc1ccc([C@@H]2CCCN2C(=O)c2cccc(N3CCCC3=O)c2)c(OC)c1. The molecule has 4 rings (SSSR count). The minimum Gasteiger partial charge on any atom is -0.497 e. The largest absolute Gasteiger partial charge is 0.497 e. The van der Waals surface area contributed by atoms with Crippen LogP contribution in [0.3, 0.4) is 0 Å². The zero-order chi connectivity index (χ0) is 20.4. The third-order valence-electron chi connectivity index (χ3n) is 5.79. The molecule has 0 aromatic heterocycles. The van der Waals surface area contributed by atoms with Gasteiger partial charge in [-0.25, -0.2) is 0 Å². The van der Waals surface area contributed by atoms with Gasteiger partial charge in [0.15, 0.2) is 0 Å². The number of benzene rings is 2. The van der Waals surface area contributed by atoms with Gasteiger partial charge in [0.2, 0.25) is 5.91 Å². The van der Waals surface area contributed by atoms with Crippen LogP contribution < -0.4 is 14.4 Å². The van der Waals surface area contributed by atoms with Crippen molar-refractivity contribution in [2.75, 3.05) is 32.2 Å². The number of likely N-dealkylation sites (tertiary alicyclic amines) is 1. The molecule has 0 bridgehead atoms. The summed E-state index contributed by atoms with van der Waals surface area (Å²) in [7, 11) is 3.26. The summed E-state index contributed by atoms with van der Waals surface area (Å²) in [5.74, 6) is 1.56. The molecule has 2 aliphatic heterocycles. The average molecular weight is 394 g/mol. The smallest absolute Gasteiger partial charge is 0.254 e. The van der Waals surface area contributed by atoms with E-state index in [2.05, 4.69) is 0 Å². The summed E-state index contributed by atoms with van der Waals surface area (Å²) in [6, 6.07) is 13.1. The molecule has 2 aromatic rings. The van der Waals surface area contributed by atoms with Crippen molar-refractivity contribution in [3.63, 3.8) is 0 Å². The van der Waals surface area contributed by atoms with Gasteiger partial charge in [-0.05, 0) is 49.6 Å².